The lowest BCUT2D eigenvalue weighted by Crippen LogP contribution is -2.50. The Kier molecular flexibility index (Phi) is 8.83. The van der Waals surface area contributed by atoms with Gasteiger partial charge in [-0.2, -0.15) is 4.31 Å². The number of hydrogen-bond acceptors (Lipinski definition) is 6. The molecule has 1 aliphatic rings. The van der Waals surface area contributed by atoms with E-state index in [0.717, 1.165) is 16.4 Å². The molecule has 1 aromatic heterocycles. The Morgan fingerprint density at radius 1 is 1.10 bits per heavy atom. The fraction of sp³-hybridized carbons (Fsp3) is 0.310. The molecule has 2 heterocycles. The zero-order valence-electron chi connectivity index (χ0n) is 22.2. The van der Waals surface area contributed by atoms with Crippen molar-refractivity contribution in [2.24, 2.45) is 5.92 Å². The Labute approximate surface area is 232 Å². The van der Waals surface area contributed by atoms with Crippen molar-refractivity contribution in [1.29, 1.82) is 0 Å². The van der Waals surface area contributed by atoms with Crippen LogP contribution in [0.5, 0.6) is 5.88 Å². The van der Waals surface area contributed by atoms with Gasteiger partial charge >= 0.3 is 0 Å². The molecular weight excluding hydrogens is 540 g/mol. The summed E-state index contributed by atoms with van der Waals surface area (Å²) < 4.78 is 60.1. The third-order valence-electron chi connectivity index (χ3n) is 6.68. The number of carbonyl (C=O) groups is 1. The molecule has 11 heteroatoms. The van der Waals surface area contributed by atoms with E-state index in [1.165, 1.54) is 60.6 Å². The molecule has 0 saturated heterocycles. The van der Waals surface area contributed by atoms with Gasteiger partial charge in [0.15, 0.2) is 0 Å². The van der Waals surface area contributed by atoms with Crippen molar-refractivity contribution in [3.63, 3.8) is 0 Å². The zero-order valence-corrected chi connectivity index (χ0v) is 23.0. The van der Waals surface area contributed by atoms with Gasteiger partial charge in [0.2, 0.25) is 15.9 Å². The summed E-state index contributed by atoms with van der Waals surface area (Å²) in [6.07, 6.45) is 0.717. The molecule has 1 N–H and O–H groups in total. The second kappa shape index (κ2) is 12.1. The number of halogens is 2. The number of aliphatic hydroxyl groups excluding tert-OH is 1. The molecule has 2 aromatic carbocycles. The maximum atomic E-state index is 13.6. The fourth-order valence-corrected chi connectivity index (χ4v) is 5.39. The predicted molar refractivity (Wildman–Crippen MR) is 144 cm³/mol. The average molecular weight is 570 g/mol. The fourth-order valence-electron chi connectivity index (χ4n) is 4.20. The van der Waals surface area contributed by atoms with E-state index in [9.17, 15) is 27.1 Å². The Morgan fingerprint density at radius 2 is 1.70 bits per heavy atom. The summed E-state index contributed by atoms with van der Waals surface area (Å²) in [6, 6.07) is 11.2. The molecule has 0 unspecified atom stereocenters. The molecule has 0 spiro atoms. The third-order valence-corrected chi connectivity index (χ3v) is 8.51. The maximum absolute atomic E-state index is 13.6. The van der Waals surface area contributed by atoms with E-state index in [2.05, 4.69) is 16.8 Å². The molecule has 3 aromatic rings. The molecular formula is C29H29F2N3O5S. The van der Waals surface area contributed by atoms with Gasteiger partial charge in [0.1, 0.15) is 23.3 Å². The summed E-state index contributed by atoms with van der Waals surface area (Å²) >= 11 is 0. The number of pyridine rings is 1. The Hall–Kier alpha value is -3.85. The van der Waals surface area contributed by atoms with E-state index >= 15 is 0 Å². The van der Waals surface area contributed by atoms with Crippen molar-refractivity contribution >= 4 is 15.9 Å². The standard InChI is InChI=1S/C29H29F2N3O5S/c1-19-16-34(20(2)18-35)29(36)26-14-22(5-4-21-6-8-23(30)9-7-21)15-32-28(26)39-27(19)17-33(3)40(37,38)25-12-10-24(31)11-13-25/h6-15,19-20,27,35H,16-18H2,1-3H3/t19-,20+,27-/m0/s1. The van der Waals surface area contributed by atoms with Crippen LogP contribution in [0, 0.1) is 29.4 Å². The number of aliphatic hydroxyl groups is 1. The summed E-state index contributed by atoms with van der Waals surface area (Å²) in [5.74, 6) is 4.14. The van der Waals surface area contributed by atoms with Crippen molar-refractivity contribution < 1.29 is 31.8 Å². The Bertz CT molecular complexity index is 1540. The number of likely N-dealkylation sites (N-methyl/N-ethyl adjacent to an activating group) is 1. The second-order valence-electron chi connectivity index (χ2n) is 9.70. The summed E-state index contributed by atoms with van der Waals surface area (Å²) in [6.45, 7) is 3.35. The van der Waals surface area contributed by atoms with Gasteiger partial charge in [-0.1, -0.05) is 18.8 Å². The largest absolute Gasteiger partial charge is 0.472 e. The van der Waals surface area contributed by atoms with E-state index in [4.69, 9.17) is 4.74 Å². The SMILES string of the molecule is C[C@H](CO)N1C[C@H](C)[C@H](CN(C)S(=O)(=O)c2ccc(F)cc2)Oc2ncc(C#Cc3ccc(F)cc3)cc2C1=O. The van der Waals surface area contributed by atoms with Crippen LogP contribution < -0.4 is 4.74 Å². The van der Waals surface area contributed by atoms with E-state index in [1.54, 1.807) is 6.92 Å². The number of rotatable bonds is 6. The molecule has 0 aliphatic carbocycles. The summed E-state index contributed by atoms with van der Waals surface area (Å²) in [7, 11) is -2.56. The van der Waals surface area contributed by atoms with Gasteiger partial charge in [-0.15, -0.1) is 0 Å². The molecule has 40 heavy (non-hydrogen) atoms. The van der Waals surface area contributed by atoms with Crippen LogP contribution in [0.3, 0.4) is 0 Å². The van der Waals surface area contributed by atoms with Crippen LogP contribution in [0.25, 0.3) is 0 Å². The number of fused-ring (bicyclic) bond motifs is 1. The first-order valence-corrected chi connectivity index (χ1v) is 14.0. The van der Waals surface area contributed by atoms with Gasteiger partial charge < -0.3 is 14.7 Å². The quantitative estimate of drug-likeness (QED) is 0.458. The van der Waals surface area contributed by atoms with Crippen LogP contribution in [-0.4, -0.2) is 72.5 Å². The maximum Gasteiger partial charge on any atom is 0.259 e. The number of amides is 1. The molecule has 3 atom stereocenters. The number of nitrogens with zero attached hydrogens (tertiary/aromatic N) is 3. The Morgan fingerprint density at radius 3 is 2.33 bits per heavy atom. The highest BCUT2D eigenvalue weighted by Gasteiger charge is 2.36. The van der Waals surface area contributed by atoms with Crippen LogP contribution in [0.4, 0.5) is 8.78 Å². The van der Waals surface area contributed by atoms with E-state index in [1.807, 2.05) is 6.92 Å². The summed E-state index contributed by atoms with van der Waals surface area (Å²) in [4.78, 5) is 19.3. The number of ether oxygens (including phenoxy) is 1. The van der Waals surface area contributed by atoms with Crippen LogP contribution in [0.2, 0.25) is 0 Å². The smallest absolute Gasteiger partial charge is 0.259 e. The van der Waals surface area contributed by atoms with Gasteiger partial charge in [0.05, 0.1) is 24.1 Å². The van der Waals surface area contributed by atoms with Crippen LogP contribution >= 0.6 is 0 Å². The molecule has 0 fully saturated rings. The first-order chi connectivity index (χ1) is 19.0. The van der Waals surface area contributed by atoms with Gasteiger partial charge in [0.25, 0.3) is 5.91 Å². The number of benzene rings is 2. The molecule has 8 nitrogen and oxygen atoms in total. The van der Waals surface area contributed by atoms with E-state index < -0.39 is 33.9 Å². The molecule has 1 amide bonds. The molecule has 4 rings (SSSR count). The van der Waals surface area contributed by atoms with Crippen molar-refractivity contribution in [2.75, 3.05) is 26.7 Å². The number of aromatic nitrogens is 1. The molecule has 0 saturated carbocycles. The summed E-state index contributed by atoms with van der Waals surface area (Å²) in [5, 5.41) is 9.85. The lowest BCUT2D eigenvalue weighted by Gasteiger charge is -2.37. The zero-order chi connectivity index (χ0) is 29.0. The van der Waals surface area contributed by atoms with Gasteiger partial charge in [-0.25, -0.2) is 22.2 Å². The van der Waals surface area contributed by atoms with Crippen LogP contribution in [0.1, 0.15) is 35.3 Å². The third kappa shape index (κ3) is 6.47. The lowest BCUT2D eigenvalue weighted by atomic mass is 10.0. The van der Waals surface area contributed by atoms with Crippen LogP contribution in [-0.2, 0) is 10.0 Å². The predicted octanol–water partition coefficient (Wildman–Crippen LogP) is 3.30. The highest BCUT2D eigenvalue weighted by molar-refractivity contribution is 7.89. The van der Waals surface area contributed by atoms with Gasteiger partial charge in [-0.3, -0.25) is 4.79 Å². The number of sulfonamides is 1. The van der Waals surface area contributed by atoms with E-state index in [-0.39, 0.29) is 47.8 Å². The van der Waals surface area contributed by atoms with Gasteiger partial charge in [-0.05, 0) is 61.5 Å². The second-order valence-corrected chi connectivity index (χ2v) is 11.7. The Balaban J connectivity index is 1.67. The van der Waals surface area contributed by atoms with Crippen LogP contribution in [0.15, 0.2) is 65.7 Å². The molecule has 0 bridgehead atoms. The van der Waals surface area contributed by atoms with E-state index in [0.29, 0.717) is 11.1 Å². The minimum Gasteiger partial charge on any atom is -0.472 e. The van der Waals surface area contributed by atoms with Crippen molar-refractivity contribution in [3.8, 4) is 17.7 Å². The monoisotopic (exact) mass is 569 g/mol. The number of carbonyl (C=O) groups excluding carboxylic acids is 1. The normalized spacial score (nSPS) is 18.2. The molecule has 0 radical (unpaired) electrons. The highest BCUT2D eigenvalue weighted by atomic mass is 32.2. The van der Waals surface area contributed by atoms with Crippen molar-refractivity contribution in [1.82, 2.24) is 14.2 Å². The van der Waals surface area contributed by atoms with Crippen molar-refractivity contribution in [2.45, 2.75) is 30.9 Å². The minimum atomic E-state index is -3.96. The molecule has 1 aliphatic heterocycles. The minimum absolute atomic E-state index is 0.0107. The average Bonchev–Trinajstić information content (AvgIpc) is 2.94. The van der Waals surface area contributed by atoms with Gasteiger partial charge in [0, 0.05) is 36.8 Å². The first-order valence-electron chi connectivity index (χ1n) is 12.6. The van der Waals surface area contributed by atoms with Crippen molar-refractivity contribution in [3.05, 3.63) is 89.1 Å². The lowest BCUT2D eigenvalue weighted by molar-refractivity contribution is 0.0373. The highest BCUT2D eigenvalue weighted by Crippen LogP contribution is 2.28. The first kappa shape index (κ1) is 29.1. The topological polar surface area (TPSA) is 100 Å². The molecule has 210 valence electrons. The summed E-state index contributed by atoms with van der Waals surface area (Å²) in [5.41, 5.74) is 1.11. The number of hydrogen-bond donors (Lipinski definition) is 1.